The molecule has 2 rings (SSSR count). The number of epoxide rings is 1. The van der Waals surface area contributed by atoms with Crippen LogP contribution in [0.25, 0.3) is 0 Å². The van der Waals surface area contributed by atoms with Crippen LogP contribution in [0.2, 0.25) is 6.04 Å². The van der Waals surface area contributed by atoms with Gasteiger partial charge in [-0.15, -0.1) is 0 Å². The molecule has 0 N–H and O–H groups in total. The van der Waals surface area contributed by atoms with Gasteiger partial charge in [0.05, 0.1) is 12.2 Å². The maximum Gasteiger partial charge on any atom is 0.500 e. The zero-order valence-electron chi connectivity index (χ0n) is 11.5. The van der Waals surface area contributed by atoms with E-state index in [2.05, 4.69) is 6.92 Å². The number of ether oxygens (including phenoxy) is 1. The predicted octanol–water partition coefficient (Wildman–Crippen LogP) is 2.60. The van der Waals surface area contributed by atoms with Crippen LogP contribution < -0.4 is 0 Å². The van der Waals surface area contributed by atoms with Crippen molar-refractivity contribution >= 4 is 8.80 Å². The van der Waals surface area contributed by atoms with Gasteiger partial charge in [-0.3, -0.25) is 0 Å². The summed E-state index contributed by atoms with van der Waals surface area (Å²) >= 11 is 0. The highest BCUT2D eigenvalue weighted by Gasteiger charge is 2.39. The van der Waals surface area contributed by atoms with Crippen LogP contribution in [0.4, 0.5) is 0 Å². The molecule has 1 heterocycles. The van der Waals surface area contributed by atoms with Gasteiger partial charge in [0, 0.05) is 27.4 Å². The number of hydrogen-bond acceptors (Lipinski definition) is 4. The van der Waals surface area contributed by atoms with E-state index < -0.39 is 8.80 Å². The number of hydrogen-bond donors (Lipinski definition) is 0. The first kappa shape index (κ1) is 15.1. The normalized spacial score (nSPS) is 26.8. The van der Waals surface area contributed by atoms with Gasteiger partial charge < -0.3 is 18.0 Å². The largest absolute Gasteiger partial charge is 0.500 e. The van der Waals surface area contributed by atoms with Crippen molar-refractivity contribution in [3.8, 4) is 0 Å². The molecule has 0 radical (unpaired) electrons. The average Bonchev–Trinajstić information content (AvgIpc) is 3.16. The molecule has 2 fully saturated rings. The Kier molecular flexibility index (Phi) is 6.65. The van der Waals surface area contributed by atoms with Gasteiger partial charge in [0.1, 0.15) is 0 Å². The lowest BCUT2D eigenvalue weighted by molar-refractivity contribution is 0.123. The molecular weight excluding hydrogens is 236 g/mol. The van der Waals surface area contributed by atoms with Crippen molar-refractivity contribution in [1.82, 2.24) is 0 Å². The molecule has 2 aliphatic rings. The van der Waals surface area contributed by atoms with E-state index >= 15 is 0 Å². The number of rotatable bonds is 5. The van der Waals surface area contributed by atoms with Gasteiger partial charge in [-0.1, -0.05) is 26.2 Å². The Morgan fingerprint density at radius 2 is 1.47 bits per heavy atom. The van der Waals surface area contributed by atoms with Crippen LogP contribution in [-0.4, -0.2) is 42.3 Å². The fourth-order valence-electron chi connectivity index (χ4n) is 2.24. The van der Waals surface area contributed by atoms with E-state index in [1.54, 1.807) is 21.3 Å². The monoisotopic (exact) mass is 262 g/mol. The Labute approximate surface area is 106 Å². The fourth-order valence-corrected chi connectivity index (χ4v) is 3.97. The van der Waals surface area contributed by atoms with Gasteiger partial charge in [-0.25, -0.2) is 0 Å². The zero-order chi connectivity index (χ0) is 12.7. The predicted molar refractivity (Wildman–Crippen MR) is 69.0 cm³/mol. The van der Waals surface area contributed by atoms with Crippen molar-refractivity contribution in [2.24, 2.45) is 0 Å². The molecule has 2 unspecified atom stereocenters. The molecule has 1 saturated carbocycles. The van der Waals surface area contributed by atoms with Gasteiger partial charge >= 0.3 is 8.80 Å². The molecule has 4 nitrogen and oxygen atoms in total. The minimum atomic E-state index is -2.22. The Bertz CT molecular complexity index is 190. The zero-order valence-corrected chi connectivity index (χ0v) is 12.5. The Balaban J connectivity index is 0.000000177. The van der Waals surface area contributed by atoms with Gasteiger partial charge in [-0.05, 0) is 12.8 Å². The third kappa shape index (κ3) is 4.67. The molecular formula is C12H26O4Si. The van der Waals surface area contributed by atoms with E-state index in [1.165, 1.54) is 25.7 Å². The molecule has 102 valence electrons. The molecule has 0 bridgehead atoms. The summed E-state index contributed by atoms with van der Waals surface area (Å²) in [7, 11) is 2.68. The molecule has 0 aromatic carbocycles. The van der Waals surface area contributed by atoms with Crippen molar-refractivity contribution in [2.45, 2.75) is 57.3 Å². The molecule has 0 amide bonds. The van der Waals surface area contributed by atoms with Crippen molar-refractivity contribution < 1.29 is 18.0 Å². The maximum atomic E-state index is 5.28. The summed E-state index contributed by atoms with van der Waals surface area (Å²) in [6, 6.07) is 0.885. The summed E-state index contributed by atoms with van der Waals surface area (Å²) in [6.45, 7) is 2.08. The second kappa shape index (κ2) is 7.48. The SMILES string of the molecule is C1CCC2OC2C1.CCC[Si](OC)(OC)OC. The number of fused-ring (bicyclic) bond motifs is 1. The highest BCUT2D eigenvalue weighted by molar-refractivity contribution is 6.60. The summed E-state index contributed by atoms with van der Waals surface area (Å²) in [4.78, 5) is 0. The third-order valence-corrected chi connectivity index (χ3v) is 6.38. The molecule has 1 aliphatic heterocycles. The first-order valence-corrected chi connectivity index (χ1v) is 8.45. The second-order valence-electron chi connectivity index (χ2n) is 4.54. The standard InChI is InChI=1S/C6H16O3Si.C6H10O/c1-5-6-10(7-2,8-3)9-4;1-2-4-6-5(3-1)7-6/h5-6H2,1-4H3;5-6H,1-4H2. The van der Waals surface area contributed by atoms with Crippen LogP contribution >= 0.6 is 0 Å². The van der Waals surface area contributed by atoms with E-state index in [1.807, 2.05) is 0 Å². The van der Waals surface area contributed by atoms with Crippen LogP contribution in [-0.2, 0) is 18.0 Å². The third-order valence-electron chi connectivity index (χ3n) is 3.40. The Morgan fingerprint density at radius 3 is 1.71 bits per heavy atom. The quantitative estimate of drug-likeness (QED) is 0.564. The lowest BCUT2D eigenvalue weighted by atomic mass is 10.0. The van der Waals surface area contributed by atoms with Gasteiger partial charge in [0.2, 0.25) is 0 Å². The molecule has 1 aliphatic carbocycles. The van der Waals surface area contributed by atoms with E-state index in [0.717, 1.165) is 12.5 Å². The van der Waals surface area contributed by atoms with E-state index in [4.69, 9.17) is 18.0 Å². The van der Waals surface area contributed by atoms with Gasteiger partial charge in [0.25, 0.3) is 0 Å². The Morgan fingerprint density at radius 1 is 1.00 bits per heavy atom. The van der Waals surface area contributed by atoms with Crippen LogP contribution in [0.5, 0.6) is 0 Å². The summed E-state index contributed by atoms with van der Waals surface area (Å²) in [6.07, 6.45) is 7.92. The average molecular weight is 262 g/mol. The van der Waals surface area contributed by atoms with Crippen LogP contribution in [0.15, 0.2) is 0 Å². The summed E-state index contributed by atoms with van der Waals surface area (Å²) < 4.78 is 20.8. The smallest absolute Gasteiger partial charge is 0.377 e. The van der Waals surface area contributed by atoms with Crippen LogP contribution in [0.1, 0.15) is 39.0 Å². The molecule has 1 saturated heterocycles. The molecule has 0 aromatic rings. The molecule has 5 heteroatoms. The van der Waals surface area contributed by atoms with E-state index in [-0.39, 0.29) is 0 Å². The van der Waals surface area contributed by atoms with Gasteiger partial charge in [0.15, 0.2) is 0 Å². The first-order chi connectivity index (χ1) is 8.21. The fraction of sp³-hybridized carbons (Fsp3) is 1.00. The van der Waals surface area contributed by atoms with E-state index in [0.29, 0.717) is 12.2 Å². The molecule has 0 spiro atoms. The maximum absolute atomic E-state index is 5.28. The highest BCUT2D eigenvalue weighted by atomic mass is 28.4. The van der Waals surface area contributed by atoms with Crippen molar-refractivity contribution in [3.05, 3.63) is 0 Å². The van der Waals surface area contributed by atoms with E-state index in [9.17, 15) is 0 Å². The summed E-state index contributed by atoms with van der Waals surface area (Å²) in [5.74, 6) is 0. The topological polar surface area (TPSA) is 40.2 Å². The Hall–Kier alpha value is 0.0569. The minimum absolute atomic E-state index is 0.703. The molecule has 0 aromatic heterocycles. The lowest BCUT2D eigenvalue weighted by Crippen LogP contribution is -2.42. The van der Waals surface area contributed by atoms with Crippen molar-refractivity contribution in [1.29, 1.82) is 0 Å². The minimum Gasteiger partial charge on any atom is -0.377 e. The molecule has 2 atom stereocenters. The van der Waals surface area contributed by atoms with Gasteiger partial charge in [-0.2, -0.15) is 0 Å². The highest BCUT2D eigenvalue weighted by Crippen LogP contribution is 2.35. The van der Waals surface area contributed by atoms with Crippen molar-refractivity contribution in [2.75, 3.05) is 21.3 Å². The first-order valence-electron chi connectivity index (χ1n) is 6.52. The van der Waals surface area contributed by atoms with Crippen LogP contribution in [0.3, 0.4) is 0 Å². The molecule has 17 heavy (non-hydrogen) atoms. The summed E-state index contributed by atoms with van der Waals surface area (Å²) in [5, 5.41) is 0. The van der Waals surface area contributed by atoms with Crippen LogP contribution in [0, 0.1) is 0 Å². The lowest BCUT2D eigenvalue weighted by Gasteiger charge is -2.23. The summed E-state index contributed by atoms with van der Waals surface area (Å²) in [5.41, 5.74) is 0. The second-order valence-corrected chi connectivity index (χ2v) is 7.63. The van der Waals surface area contributed by atoms with Crippen molar-refractivity contribution in [3.63, 3.8) is 0 Å².